The van der Waals surface area contributed by atoms with Crippen LogP contribution < -0.4 is 5.32 Å². The summed E-state index contributed by atoms with van der Waals surface area (Å²) in [4.78, 5) is 11.8. The van der Waals surface area contributed by atoms with Crippen molar-refractivity contribution in [3.63, 3.8) is 0 Å². The van der Waals surface area contributed by atoms with Gasteiger partial charge in [0.2, 0.25) is 0 Å². The summed E-state index contributed by atoms with van der Waals surface area (Å²) in [5, 5.41) is 13.5. The Morgan fingerprint density at radius 3 is 2.80 bits per heavy atom. The van der Waals surface area contributed by atoms with Crippen LogP contribution in [0.4, 0.5) is 5.69 Å². The highest BCUT2D eigenvalue weighted by atomic mass is 35.5. The minimum Gasteiger partial charge on any atom is -0.480 e. The number of nitrogens with one attached hydrogen (secondary N) is 1. The third kappa shape index (κ3) is 3.26. The summed E-state index contributed by atoms with van der Waals surface area (Å²) < 4.78 is 0. The second kappa shape index (κ2) is 6.49. The number of carboxylic acids is 1. The molecular formula is C16H22ClNO2. The molecule has 0 heterocycles. The monoisotopic (exact) mass is 295 g/mol. The lowest BCUT2D eigenvalue weighted by atomic mass is 9.89. The van der Waals surface area contributed by atoms with Crippen LogP contribution in [0.2, 0.25) is 5.02 Å². The molecule has 0 aliphatic heterocycles. The Morgan fingerprint density at radius 1 is 1.40 bits per heavy atom. The van der Waals surface area contributed by atoms with Crippen LogP contribution in [0.5, 0.6) is 0 Å². The van der Waals surface area contributed by atoms with Crippen LogP contribution in [-0.2, 0) is 4.79 Å². The van der Waals surface area contributed by atoms with Gasteiger partial charge in [-0.3, -0.25) is 0 Å². The van der Waals surface area contributed by atoms with Gasteiger partial charge in [-0.25, -0.2) is 4.79 Å². The lowest BCUT2D eigenvalue weighted by molar-refractivity contribution is -0.142. The van der Waals surface area contributed by atoms with E-state index in [4.69, 9.17) is 11.6 Å². The Balaban J connectivity index is 2.22. The molecule has 1 aromatic rings. The number of para-hydroxylation sites is 1. The molecule has 0 aromatic heterocycles. The van der Waals surface area contributed by atoms with Gasteiger partial charge in [0, 0.05) is 0 Å². The van der Waals surface area contributed by atoms with Crippen LogP contribution in [0, 0.1) is 5.92 Å². The molecule has 20 heavy (non-hydrogen) atoms. The van der Waals surface area contributed by atoms with Crippen LogP contribution in [0.3, 0.4) is 0 Å². The maximum Gasteiger partial charge on any atom is 0.329 e. The second-order valence-corrected chi connectivity index (χ2v) is 6.10. The van der Waals surface area contributed by atoms with Crippen molar-refractivity contribution in [2.24, 2.45) is 5.92 Å². The van der Waals surface area contributed by atoms with Crippen molar-refractivity contribution in [3.05, 3.63) is 29.3 Å². The number of anilines is 1. The SMILES string of the molecule is CCC1CCCC(Nc2ccccc2Cl)(C(=O)O)CC1. The summed E-state index contributed by atoms with van der Waals surface area (Å²) in [5.41, 5.74) is -0.166. The minimum absolute atomic E-state index is 0.574. The number of rotatable bonds is 4. The van der Waals surface area contributed by atoms with Crippen molar-refractivity contribution in [2.75, 3.05) is 5.32 Å². The molecule has 4 heteroatoms. The van der Waals surface area contributed by atoms with Gasteiger partial charge in [0.25, 0.3) is 0 Å². The van der Waals surface area contributed by atoms with Crippen molar-refractivity contribution < 1.29 is 9.90 Å². The molecule has 2 unspecified atom stereocenters. The van der Waals surface area contributed by atoms with Gasteiger partial charge in [0.1, 0.15) is 5.54 Å². The number of aliphatic carboxylic acids is 1. The van der Waals surface area contributed by atoms with Crippen molar-refractivity contribution in [1.82, 2.24) is 0 Å². The first-order valence-electron chi connectivity index (χ1n) is 7.33. The average Bonchev–Trinajstić information content (AvgIpc) is 2.65. The van der Waals surface area contributed by atoms with E-state index in [1.807, 2.05) is 18.2 Å². The van der Waals surface area contributed by atoms with Gasteiger partial charge < -0.3 is 10.4 Å². The van der Waals surface area contributed by atoms with Gasteiger partial charge in [0.05, 0.1) is 10.7 Å². The Morgan fingerprint density at radius 2 is 2.15 bits per heavy atom. The molecule has 0 radical (unpaired) electrons. The van der Waals surface area contributed by atoms with Crippen molar-refractivity contribution in [1.29, 1.82) is 0 Å². The smallest absolute Gasteiger partial charge is 0.329 e. The molecule has 1 aromatic carbocycles. The first kappa shape index (κ1) is 15.2. The second-order valence-electron chi connectivity index (χ2n) is 5.70. The maximum atomic E-state index is 11.8. The van der Waals surface area contributed by atoms with Crippen molar-refractivity contribution >= 4 is 23.3 Å². The largest absolute Gasteiger partial charge is 0.480 e. The number of carbonyl (C=O) groups is 1. The van der Waals surface area contributed by atoms with Gasteiger partial charge in [-0.2, -0.15) is 0 Å². The predicted molar refractivity (Wildman–Crippen MR) is 82.3 cm³/mol. The summed E-state index contributed by atoms with van der Waals surface area (Å²) in [6, 6.07) is 7.34. The fourth-order valence-corrected chi connectivity index (χ4v) is 3.22. The first-order chi connectivity index (χ1) is 9.57. The van der Waals surface area contributed by atoms with E-state index in [0.29, 0.717) is 29.5 Å². The average molecular weight is 296 g/mol. The molecule has 1 fully saturated rings. The first-order valence-corrected chi connectivity index (χ1v) is 7.71. The molecule has 1 aliphatic carbocycles. The van der Waals surface area contributed by atoms with Gasteiger partial charge in [-0.1, -0.05) is 49.9 Å². The van der Waals surface area contributed by atoms with Gasteiger partial charge in [-0.15, -0.1) is 0 Å². The summed E-state index contributed by atoms with van der Waals surface area (Å²) in [5.74, 6) is -0.126. The number of carboxylic acid groups (broad SMARTS) is 1. The lowest BCUT2D eigenvalue weighted by Crippen LogP contribution is -2.46. The fraction of sp³-hybridized carbons (Fsp3) is 0.562. The molecule has 3 nitrogen and oxygen atoms in total. The third-order valence-electron chi connectivity index (χ3n) is 4.43. The van der Waals surface area contributed by atoms with E-state index >= 15 is 0 Å². The molecular weight excluding hydrogens is 274 g/mol. The Labute approximate surface area is 125 Å². The highest BCUT2D eigenvalue weighted by Gasteiger charge is 2.40. The lowest BCUT2D eigenvalue weighted by Gasteiger charge is -2.31. The Bertz CT molecular complexity index is 477. The standard InChI is InChI=1S/C16H22ClNO2/c1-2-12-6-5-10-16(11-9-12,15(19)20)18-14-8-4-3-7-13(14)17/h3-4,7-8,12,18H,2,5-6,9-11H2,1H3,(H,19,20). The van der Waals surface area contributed by atoms with Crippen LogP contribution in [-0.4, -0.2) is 16.6 Å². The summed E-state index contributed by atoms with van der Waals surface area (Å²) >= 11 is 6.15. The summed E-state index contributed by atoms with van der Waals surface area (Å²) in [7, 11) is 0. The zero-order valence-electron chi connectivity index (χ0n) is 11.9. The zero-order valence-corrected chi connectivity index (χ0v) is 12.6. The third-order valence-corrected chi connectivity index (χ3v) is 4.76. The minimum atomic E-state index is -0.880. The highest BCUT2D eigenvalue weighted by molar-refractivity contribution is 6.33. The quantitative estimate of drug-likeness (QED) is 0.800. The topological polar surface area (TPSA) is 49.3 Å². The number of hydrogen-bond donors (Lipinski definition) is 2. The van der Waals surface area contributed by atoms with Crippen LogP contribution in [0.1, 0.15) is 45.4 Å². The molecule has 0 spiro atoms. The molecule has 0 bridgehead atoms. The molecule has 2 N–H and O–H groups in total. The molecule has 1 aliphatic rings. The predicted octanol–water partition coefficient (Wildman–Crippen LogP) is 4.57. The number of benzene rings is 1. The van der Waals surface area contributed by atoms with Crippen LogP contribution in [0.25, 0.3) is 0 Å². The Kier molecular flexibility index (Phi) is 4.92. The van der Waals surface area contributed by atoms with Crippen molar-refractivity contribution in [3.8, 4) is 0 Å². The van der Waals surface area contributed by atoms with E-state index in [-0.39, 0.29) is 0 Å². The van der Waals surface area contributed by atoms with E-state index in [2.05, 4.69) is 12.2 Å². The molecule has 1 saturated carbocycles. The molecule has 0 saturated heterocycles. The Hall–Kier alpha value is -1.22. The molecule has 110 valence electrons. The van der Waals surface area contributed by atoms with Crippen LogP contribution in [0.15, 0.2) is 24.3 Å². The number of halogens is 1. The molecule has 2 atom stereocenters. The van der Waals surface area contributed by atoms with E-state index in [9.17, 15) is 9.90 Å². The fourth-order valence-electron chi connectivity index (χ4n) is 3.03. The van der Waals surface area contributed by atoms with E-state index in [1.165, 1.54) is 0 Å². The van der Waals surface area contributed by atoms with E-state index in [1.54, 1.807) is 6.07 Å². The highest BCUT2D eigenvalue weighted by Crippen LogP contribution is 2.36. The van der Waals surface area contributed by atoms with Gasteiger partial charge in [0.15, 0.2) is 0 Å². The number of hydrogen-bond acceptors (Lipinski definition) is 2. The van der Waals surface area contributed by atoms with Crippen molar-refractivity contribution in [2.45, 2.75) is 51.0 Å². The zero-order chi connectivity index (χ0) is 14.6. The molecule has 0 amide bonds. The van der Waals surface area contributed by atoms with E-state index < -0.39 is 11.5 Å². The molecule has 2 rings (SSSR count). The van der Waals surface area contributed by atoms with Gasteiger partial charge in [-0.05, 0) is 37.3 Å². The van der Waals surface area contributed by atoms with Gasteiger partial charge >= 0.3 is 5.97 Å². The van der Waals surface area contributed by atoms with E-state index in [0.717, 1.165) is 25.7 Å². The summed E-state index contributed by atoms with van der Waals surface area (Å²) in [6.07, 6.45) is 5.47. The summed E-state index contributed by atoms with van der Waals surface area (Å²) in [6.45, 7) is 2.18. The van der Waals surface area contributed by atoms with Crippen LogP contribution >= 0.6 is 11.6 Å². The normalized spacial score (nSPS) is 26.8. The maximum absolute atomic E-state index is 11.8.